The second-order valence-corrected chi connectivity index (χ2v) is 5.74. The maximum atomic E-state index is 12.2. The molecule has 1 rings (SSSR count). The molecule has 0 aliphatic heterocycles. The SMILES string of the molecule is CNC(SC)=C(C#N)S(=O)(=O)c1ccccc1. The van der Waals surface area contributed by atoms with Crippen molar-refractivity contribution in [1.29, 1.82) is 5.26 Å². The fraction of sp³-hybridized carbons (Fsp3) is 0.182. The van der Waals surface area contributed by atoms with Crippen LogP contribution in [-0.4, -0.2) is 21.7 Å². The van der Waals surface area contributed by atoms with E-state index in [1.807, 2.05) is 0 Å². The average molecular weight is 268 g/mol. The molecule has 0 saturated heterocycles. The standard InChI is InChI=1S/C11H12N2O2S2/c1-13-11(16-2)10(8-12)17(14,15)9-6-4-3-5-7-9/h3-7,13H,1-2H3. The topological polar surface area (TPSA) is 70.0 Å². The van der Waals surface area contributed by atoms with Crippen LogP contribution in [-0.2, 0) is 9.84 Å². The van der Waals surface area contributed by atoms with E-state index in [2.05, 4.69) is 5.32 Å². The quantitative estimate of drug-likeness (QED) is 0.842. The van der Waals surface area contributed by atoms with Crippen molar-refractivity contribution in [2.45, 2.75) is 4.90 Å². The van der Waals surface area contributed by atoms with E-state index in [4.69, 9.17) is 5.26 Å². The fourth-order valence-electron chi connectivity index (χ4n) is 1.26. The van der Waals surface area contributed by atoms with Gasteiger partial charge in [0, 0.05) is 7.05 Å². The van der Waals surface area contributed by atoms with E-state index in [9.17, 15) is 8.42 Å². The van der Waals surface area contributed by atoms with Gasteiger partial charge in [-0.05, 0) is 18.4 Å². The molecule has 0 radical (unpaired) electrons. The van der Waals surface area contributed by atoms with Crippen LogP contribution in [0.1, 0.15) is 0 Å². The monoisotopic (exact) mass is 268 g/mol. The van der Waals surface area contributed by atoms with Gasteiger partial charge in [-0.2, -0.15) is 5.26 Å². The van der Waals surface area contributed by atoms with Crippen LogP contribution in [0.4, 0.5) is 0 Å². The fourth-order valence-corrected chi connectivity index (χ4v) is 3.49. The summed E-state index contributed by atoms with van der Waals surface area (Å²) < 4.78 is 24.4. The Morgan fingerprint density at radius 1 is 1.35 bits per heavy atom. The lowest BCUT2D eigenvalue weighted by atomic mass is 10.4. The summed E-state index contributed by atoms with van der Waals surface area (Å²) in [6.45, 7) is 0. The Morgan fingerprint density at radius 2 is 1.94 bits per heavy atom. The van der Waals surface area contributed by atoms with E-state index >= 15 is 0 Å². The molecule has 0 aliphatic rings. The summed E-state index contributed by atoms with van der Waals surface area (Å²) in [5, 5.41) is 12.1. The highest BCUT2D eigenvalue weighted by Crippen LogP contribution is 2.24. The van der Waals surface area contributed by atoms with Gasteiger partial charge in [0.2, 0.25) is 9.84 Å². The number of hydrogen-bond acceptors (Lipinski definition) is 5. The molecule has 0 atom stereocenters. The molecule has 0 saturated carbocycles. The van der Waals surface area contributed by atoms with Gasteiger partial charge in [0.25, 0.3) is 0 Å². The number of benzene rings is 1. The first-order valence-corrected chi connectivity index (χ1v) is 7.45. The van der Waals surface area contributed by atoms with Crippen LogP contribution in [0.5, 0.6) is 0 Å². The van der Waals surface area contributed by atoms with Crippen molar-refractivity contribution in [1.82, 2.24) is 5.32 Å². The van der Waals surface area contributed by atoms with Crippen LogP contribution in [0.25, 0.3) is 0 Å². The number of hydrogen-bond donors (Lipinski definition) is 1. The van der Waals surface area contributed by atoms with E-state index in [0.717, 1.165) is 0 Å². The summed E-state index contributed by atoms with van der Waals surface area (Å²) in [7, 11) is -2.15. The number of thioether (sulfide) groups is 1. The highest BCUT2D eigenvalue weighted by atomic mass is 32.2. The number of sulfone groups is 1. The summed E-state index contributed by atoms with van der Waals surface area (Å²) in [6.07, 6.45) is 1.71. The summed E-state index contributed by atoms with van der Waals surface area (Å²) in [4.78, 5) is -0.128. The van der Waals surface area contributed by atoms with Gasteiger partial charge in [-0.3, -0.25) is 0 Å². The van der Waals surface area contributed by atoms with Crippen molar-refractivity contribution in [3.63, 3.8) is 0 Å². The third-order valence-electron chi connectivity index (χ3n) is 2.06. The van der Waals surface area contributed by atoms with Crippen molar-refractivity contribution >= 4 is 21.6 Å². The molecule has 0 fully saturated rings. The lowest BCUT2D eigenvalue weighted by molar-refractivity contribution is 0.603. The summed E-state index contributed by atoms with van der Waals surface area (Å²) in [5.74, 6) is 0. The molecule has 0 aliphatic carbocycles. The Morgan fingerprint density at radius 3 is 2.35 bits per heavy atom. The van der Waals surface area contributed by atoms with Gasteiger partial charge in [0.1, 0.15) is 6.07 Å². The van der Waals surface area contributed by atoms with Crippen molar-refractivity contribution in [3.05, 3.63) is 40.3 Å². The summed E-state index contributed by atoms with van der Waals surface area (Å²) >= 11 is 1.19. The highest BCUT2D eigenvalue weighted by molar-refractivity contribution is 8.04. The predicted molar refractivity (Wildman–Crippen MR) is 68.8 cm³/mol. The number of rotatable bonds is 4. The van der Waals surface area contributed by atoms with Crippen molar-refractivity contribution in [3.8, 4) is 6.07 Å². The lowest BCUT2D eigenvalue weighted by Crippen LogP contribution is -2.12. The van der Waals surface area contributed by atoms with E-state index < -0.39 is 9.84 Å². The van der Waals surface area contributed by atoms with Crippen LogP contribution in [0.15, 0.2) is 45.2 Å². The maximum Gasteiger partial charge on any atom is 0.219 e. The second kappa shape index (κ2) is 5.75. The molecule has 0 heterocycles. The Balaban J connectivity index is 3.42. The van der Waals surface area contributed by atoms with Gasteiger partial charge in [-0.15, -0.1) is 11.8 Å². The molecule has 6 heteroatoms. The first-order chi connectivity index (χ1) is 8.07. The molecule has 0 unspecified atom stereocenters. The van der Waals surface area contributed by atoms with Gasteiger partial charge in [0.15, 0.2) is 4.91 Å². The Hall–Kier alpha value is -1.45. The van der Waals surface area contributed by atoms with Gasteiger partial charge in [-0.1, -0.05) is 18.2 Å². The van der Waals surface area contributed by atoms with Gasteiger partial charge >= 0.3 is 0 Å². The number of allylic oxidation sites excluding steroid dienone is 1. The van der Waals surface area contributed by atoms with Crippen molar-refractivity contribution < 1.29 is 8.42 Å². The molecule has 1 aromatic rings. The first-order valence-electron chi connectivity index (χ1n) is 4.74. The number of nitrogens with one attached hydrogen (secondary N) is 1. The molecule has 90 valence electrons. The van der Waals surface area contributed by atoms with Gasteiger partial charge in [-0.25, -0.2) is 8.42 Å². The summed E-state index contributed by atoms with van der Waals surface area (Å²) in [6, 6.07) is 9.67. The van der Waals surface area contributed by atoms with E-state index in [1.165, 1.54) is 23.9 Å². The Kier molecular flexibility index (Phi) is 4.61. The highest BCUT2D eigenvalue weighted by Gasteiger charge is 2.23. The van der Waals surface area contributed by atoms with E-state index in [0.29, 0.717) is 5.03 Å². The van der Waals surface area contributed by atoms with Gasteiger partial charge in [0.05, 0.1) is 9.92 Å². The Bertz CT molecular complexity index is 551. The second-order valence-electron chi connectivity index (χ2n) is 3.04. The van der Waals surface area contributed by atoms with E-state index in [1.54, 1.807) is 37.6 Å². The normalized spacial score (nSPS) is 12.5. The zero-order valence-corrected chi connectivity index (χ0v) is 11.1. The van der Waals surface area contributed by atoms with Crippen LogP contribution in [0.3, 0.4) is 0 Å². The summed E-state index contributed by atoms with van der Waals surface area (Å²) in [5.41, 5.74) is 0. The maximum absolute atomic E-state index is 12.2. The Labute approximate surface area is 105 Å². The molecule has 0 bridgehead atoms. The molecule has 0 amide bonds. The first kappa shape index (κ1) is 13.6. The number of nitrogens with zero attached hydrogens (tertiary/aromatic N) is 1. The van der Waals surface area contributed by atoms with Crippen LogP contribution >= 0.6 is 11.8 Å². The minimum absolute atomic E-state index is 0.123. The zero-order chi connectivity index (χ0) is 12.9. The number of nitriles is 1. The molecule has 0 spiro atoms. The van der Waals surface area contributed by atoms with Gasteiger partial charge < -0.3 is 5.32 Å². The molecule has 4 nitrogen and oxygen atoms in total. The lowest BCUT2D eigenvalue weighted by Gasteiger charge is -2.08. The molecular weight excluding hydrogens is 256 g/mol. The average Bonchev–Trinajstić information content (AvgIpc) is 2.36. The smallest absolute Gasteiger partial charge is 0.219 e. The van der Waals surface area contributed by atoms with Crippen LogP contribution < -0.4 is 5.32 Å². The minimum atomic E-state index is -3.74. The molecule has 1 N–H and O–H groups in total. The molecular formula is C11H12N2O2S2. The molecule has 17 heavy (non-hydrogen) atoms. The predicted octanol–water partition coefficient (Wildman–Crippen LogP) is 1.74. The zero-order valence-electron chi connectivity index (χ0n) is 9.47. The third-order valence-corrected chi connectivity index (χ3v) is 4.73. The molecule has 1 aromatic carbocycles. The van der Waals surface area contributed by atoms with Crippen LogP contribution in [0, 0.1) is 11.3 Å². The largest absolute Gasteiger partial charge is 0.381 e. The molecule has 0 aromatic heterocycles. The van der Waals surface area contributed by atoms with Crippen LogP contribution in [0.2, 0.25) is 0 Å². The van der Waals surface area contributed by atoms with Crippen molar-refractivity contribution in [2.24, 2.45) is 0 Å². The van der Waals surface area contributed by atoms with E-state index in [-0.39, 0.29) is 9.80 Å². The van der Waals surface area contributed by atoms with Crippen molar-refractivity contribution in [2.75, 3.05) is 13.3 Å². The third kappa shape index (κ3) is 2.81. The minimum Gasteiger partial charge on any atom is -0.381 e.